The average molecular weight is 404 g/mol. The van der Waals surface area contributed by atoms with Crippen molar-refractivity contribution in [3.8, 4) is 17.4 Å². The normalized spacial score (nSPS) is 10.9. The molecule has 1 aromatic carbocycles. The van der Waals surface area contributed by atoms with E-state index in [1.807, 2.05) is 32.9 Å². The molecule has 3 aromatic rings. The first kappa shape index (κ1) is 19.9. The van der Waals surface area contributed by atoms with Crippen LogP contribution in [0.1, 0.15) is 30.4 Å². The molecule has 0 spiro atoms. The first-order valence-electron chi connectivity index (χ1n) is 9.01. The lowest BCUT2D eigenvalue weighted by molar-refractivity contribution is -0.134. The summed E-state index contributed by atoms with van der Waals surface area (Å²) in [4.78, 5) is 14.3. The van der Waals surface area contributed by atoms with Crippen molar-refractivity contribution in [3.63, 3.8) is 0 Å². The average Bonchev–Trinajstić information content (AvgIpc) is 3.31. The Labute approximate surface area is 168 Å². The highest BCUT2D eigenvalue weighted by molar-refractivity contribution is 6.30. The molecule has 0 radical (unpaired) electrons. The van der Waals surface area contributed by atoms with E-state index in [1.54, 1.807) is 17.0 Å². The second-order valence-corrected chi connectivity index (χ2v) is 6.89. The summed E-state index contributed by atoms with van der Waals surface area (Å²) in [6, 6.07) is 7.10. The van der Waals surface area contributed by atoms with Crippen LogP contribution in [0.4, 0.5) is 0 Å². The van der Waals surface area contributed by atoms with Gasteiger partial charge in [0.15, 0.2) is 12.4 Å². The van der Waals surface area contributed by atoms with Crippen molar-refractivity contribution in [2.75, 3.05) is 13.2 Å². The number of hydrogen-bond donors (Lipinski definition) is 0. The lowest BCUT2D eigenvalue weighted by Crippen LogP contribution is -2.35. The number of benzene rings is 1. The summed E-state index contributed by atoms with van der Waals surface area (Å²) >= 11 is 6.05. The minimum atomic E-state index is -0.159. The molecule has 8 heteroatoms. The van der Waals surface area contributed by atoms with Crippen LogP contribution in [0.5, 0.6) is 5.75 Å². The number of rotatable bonds is 8. The zero-order valence-electron chi connectivity index (χ0n) is 16.1. The number of halogens is 1. The molecule has 0 saturated carbocycles. The van der Waals surface area contributed by atoms with Crippen molar-refractivity contribution in [2.45, 2.75) is 33.7 Å². The Hall–Kier alpha value is -2.80. The zero-order chi connectivity index (χ0) is 20.1. The molecule has 2 heterocycles. The lowest BCUT2D eigenvalue weighted by atomic mass is 10.1. The van der Waals surface area contributed by atoms with Gasteiger partial charge in [0.2, 0.25) is 5.89 Å². The molecule has 28 heavy (non-hydrogen) atoms. The van der Waals surface area contributed by atoms with Crippen LogP contribution >= 0.6 is 11.6 Å². The van der Waals surface area contributed by atoms with Crippen LogP contribution in [0, 0.1) is 13.8 Å². The maximum Gasteiger partial charge on any atom is 0.283 e. The Morgan fingerprint density at radius 1 is 1.25 bits per heavy atom. The van der Waals surface area contributed by atoms with Crippen LogP contribution < -0.4 is 4.74 Å². The second kappa shape index (κ2) is 8.93. The number of aryl methyl sites for hydroxylation is 2. The van der Waals surface area contributed by atoms with Gasteiger partial charge in [-0.25, -0.2) is 0 Å². The van der Waals surface area contributed by atoms with Gasteiger partial charge in [0.1, 0.15) is 5.75 Å². The minimum Gasteiger partial charge on any atom is -0.483 e. The van der Waals surface area contributed by atoms with Gasteiger partial charge < -0.3 is 18.5 Å². The Morgan fingerprint density at radius 3 is 2.64 bits per heavy atom. The number of amides is 1. The van der Waals surface area contributed by atoms with E-state index in [1.165, 1.54) is 6.26 Å². The molecule has 148 valence electrons. The number of hydrogen-bond acceptors (Lipinski definition) is 6. The Balaban J connectivity index is 1.66. The third-order valence-electron chi connectivity index (χ3n) is 4.14. The molecule has 0 aliphatic carbocycles. The summed E-state index contributed by atoms with van der Waals surface area (Å²) in [7, 11) is 0. The number of carbonyl (C=O) groups excluding carboxylic acids is 1. The summed E-state index contributed by atoms with van der Waals surface area (Å²) in [5, 5.41) is 8.61. The molecular weight excluding hydrogens is 382 g/mol. The van der Waals surface area contributed by atoms with Gasteiger partial charge in [-0.05, 0) is 55.7 Å². The second-order valence-electron chi connectivity index (χ2n) is 6.45. The highest BCUT2D eigenvalue weighted by Crippen LogP contribution is 2.27. The van der Waals surface area contributed by atoms with Crippen LogP contribution in [0.2, 0.25) is 5.02 Å². The van der Waals surface area contributed by atoms with Crippen molar-refractivity contribution in [3.05, 3.63) is 52.6 Å². The molecule has 0 atom stereocenters. The molecule has 3 rings (SSSR count). The fourth-order valence-electron chi connectivity index (χ4n) is 2.89. The fourth-order valence-corrected chi connectivity index (χ4v) is 3.22. The fraction of sp³-hybridized carbons (Fsp3) is 0.350. The molecule has 1 amide bonds. The third-order valence-corrected chi connectivity index (χ3v) is 4.35. The lowest BCUT2D eigenvalue weighted by Gasteiger charge is -2.21. The van der Waals surface area contributed by atoms with Crippen molar-refractivity contribution in [1.82, 2.24) is 15.1 Å². The molecule has 0 aliphatic heterocycles. The molecule has 0 unspecified atom stereocenters. The van der Waals surface area contributed by atoms with Gasteiger partial charge in [-0.15, -0.1) is 10.2 Å². The molecule has 0 fully saturated rings. The zero-order valence-corrected chi connectivity index (χ0v) is 16.8. The van der Waals surface area contributed by atoms with E-state index in [0.717, 1.165) is 17.5 Å². The summed E-state index contributed by atoms with van der Waals surface area (Å²) in [5.41, 5.74) is 1.78. The van der Waals surface area contributed by atoms with E-state index < -0.39 is 0 Å². The van der Waals surface area contributed by atoms with Crippen LogP contribution in [0.3, 0.4) is 0 Å². The van der Waals surface area contributed by atoms with Crippen molar-refractivity contribution >= 4 is 17.5 Å². The van der Waals surface area contributed by atoms with Crippen molar-refractivity contribution < 1.29 is 18.4 Å². The largest absolute Gasteiger partial charge is 0.483 e. The molecule has 0 saturated heterocycles. The minimum absolute atomic E-state index is 0.0809. The van der Waals surface area contributed by atoms with Crippen LogP contribution in [-0.2, 0) is 11.3 Å². The Bertz CT molecular complexity index is 914. The van der Waals surface area contributed by atoms with Gasteiger partial charge in [0.05, 0.1) is 12.8 Å². The van der Waals surface area contributed by atoms with Gasteiger partial charge in [-0.3, -0.25) is 4.79 Å². The van der Waals surface area contributed by atoms with Crippen molar-refractivity contribution in [2.24, 2.45) is 0 Å². The van der Waals surface area contributed by atoms with Crippen LogP contribution in [0.25, 0.3) is 11.7 Å². The van der Waals surface area contributed by atoms with Gasteiger partial charge in [-0.2, -0.15) is 0 Å². The van der Waals surface area contributed by atoms with Gasteiger partial charge in [0.25, 0.3) is 11.8 Å². The number of carbonyl (C=O) groups is 1. The van der Waals surface area contributed by atoms with E-state index in [0.29, 0.717) is 29.0 Å². The number of ether oxygens (including phenoxy) is 1. The molecule has 2 aromatic heterocycles. The first-order valence-corrected chi connectivity index (χ1v) is 9.39. The smallest absolute Gasteiger partial charge is 0.283 e. The summed E-state index contributed by atoms with van der Waals surface area (Å²) < 4.78 is 16.6. The number of nitrogens with zero attached hydrogens (tertiary/aromatic N) is 3. The van der Waals surface area contributed by atoms with E-state index in [4.69, 9.17) is 25.2 Å². The predicted octanol–water partition coefficient (Wildman–Crippen LogP) is 4.42. The van der Waals surface area contributed by atoms with Gasteiger partial charge >= 0.3 is 0 Å². The van der Waals surface area contributed by atoms with Crippen LogP contribution in [-0.4, -0.2) is 34.2 Å². The molecule has 7 nitrogen and oxygen atoms in total. The quantitative estimate of drug-likeness (QED) is 0.553. The van der Waals surface area contributed by atoms with E-state index in [2.05, 4.69) is 10.2 Å². The highest BCUT2D eigenvalue weighted by Gasteiger charge is 2.19. The summed E-state index contributed by atoms with van der Waals surface area (Å²) in [6.45, 7) is 6.48. The summed E-state index contributed by atoms with van der Waals surface area (Å²) in [6.07, 6.45) is 2.33. The highest BCUT2D eigenvalue weighted by atomic mass is 35.5. The first-order chi connectivity index (χ1) is 13.5. The van der Waals surface area contributed by atoms with Crippen LogP contribution in [0.15, 0.2) is 39.4 Å². The standard InChI is InChI=1S/C20H22ClN3O4/c1-4-7-24(11-17-22-23-20(28-17)16-6-5-8-26-16)18(25)12-27-19-13(2)9-15(21)10-14(19)3/h5-6,8-10H,4,7,11-12H2,1-3H3. The predicted molar refractivity (Wildman–Crippen MR) is 104 cm³/mol. The SMILES string of the molecule is CCCN(Cc1nnc(-c2ccco2)o1)C(=O)COc1c(C)cc(Cl)cc1C. The molecular formula is C20H22ClN3O4. The topological polar surface area (TPSA) is 81.6 Å². The van der Waals surface area contributed by atoms with E-state index in [-0.39, 0.29) is 24.9 Å². The maximum atomic E-state index is 12.7. The molecule has 0 N–H and O–H groups in total. The number of aromatic nitrogens is 2. The molecule has 0 bridgehead atoms. The van der Waals surface area contributed by atoms with Gasteiger partial charge in [-0.1, -0.05) is 18.5 Å². The van der Waals surface area contributed by atoms with E-state index in [9.17, 15) is 4.79 Å². The monoisotopic (exact) mass is 403 g/mol. The maximum absolute atomic E-state index is 12.7. The van der Waals surface area contributed by atoms with Crippen molar-refractivity contribution in [1.29, 1.82) is 0 Å². The summed E-state index contributed by atoms with van der Waals surface area (Å²) in [5.74, 6) is 1.63. The van der Waals surface area contributed by atoms with E-state index >= 15 is 0 Å². The third kappa shape index (κ3) is 4.72. The Kier molecular flexibility index (Phi) is 6.36. The molecule has 0 aliphatic rings. The van der Waals surface area contributed by atoms with Gasteiger partial charge in [0, 0.05) is 11.6 Å². The Morgan fingerprint density at radius 2 is 2.00 bits per heavy atom. The number of furan rings is 1.